The summed E-state index contributed by atoms with van der Waals surface area (Å²) in [5, 5.41) is 1.48. The van der Waals surface area contributed by atoms with Gasteiger partial charge >= 0.3 is 0 Å². The molecular weight excluding hydrogens is 424 g/mol. The van der Waals surface area contributed by atoms with Crippen LogP contribution in [0.3, 0.4) is 0 Å². The second-order valence-corrected chi connectivity index (χ2v) is 8.04. The van der Waals surface area contributed by atoms with E-state index >= 15 is 0 Å². The summed E-state index contributed by atoms with van der Waals surface area (Å²) in [4.78, 5) is 0. The van der Waals surface area contributed by atoms with Gasteiger partial charge in [0.1, 0.15) is 23.3 Å². The highest BCUT2D eigenvalue weighted by Crippen LogP contribution is 2.28. The molecule has 0 heterocycles. The molecule has 0 N–H and O–H groups in total. The van der Waals surface area contributed by atoms with Gasteiger partial charge in [0.25, 0.3) is 0 Å². The van der Waals surface area contributed by atoms with Crippen LogP contribution in [-0.2, 0) is 6.42 Å². The fraction of sp³-hybridized carbons (Fsp3) is 0.172. The molecule has 0 fully saturated rings. The number of benzene rings is 4. The van der Waals surface area contributed by atoms with Crippen LogP contribution in [-0.4, -0.2) is 0 Å². The van der Waals surface area contributed by atoms with Crippen molar-refractivity contribution < 1.29 is 17.6 Å². The molecule has 4 rings (SSSR count). The van der Waals surface area contributed by atoms with E-state index in [1.165, 1.54) is 18.2 Å². The highest BCUT2D eigenvalue weighted by atomic mass is 19.1. The largest absolute Gasteiger partial charge is 0.207 e. The maximum absolute atomic E-state index is 14.7. The lowest BCUT2D eigenvalue weighted by molar-refractivity contribution is 0.577. The molecule has 0 aliphatic carbocycles. The predicted octanol–water partition coefficient (Wildman–Crippen LogP) is 8.20. The van der Waals surface area contributed by atoms with E-state index in [1.807, 2.05) is 0 Å². The van der Waals surface area contributed by atoms with Gasteiger partial charge in [0, 0.05) is 11.1 Å². The van der Waals surface area contributed by atoms with E-state index in [4.69, 9.17) is 0 Å². The lowest BCUT2D eigenvalue weighted by Gasteiger charge is -2.08. The van der Waals surface area contributed by atoms with Crippen molar-refractivity contribution in [3.05, 3.63) is 107 Å². The molecule has 0 aliphatic heterocycles. The van der Waals surface area contributed by atoms with Crippen LogP contribution in [0.1, 0.15) is 42.9 Å². The number of fused-ring (bicyclic) bond motifs is 1. The molecule has 4 aromatic rings. The second-order valence-electron chi connectivity index (χ2n) is 8.04. The van der Waals surface area contributed by atoms with E-state index in [-0.39, 0.29) is 22.5 Å². The first-order chi connectivity index (χ1) is 15.9. The predicted molar refractivity (Wildman–Crippen MR) is 125 cm³/mol. The molecule has 33 heavy (non-hydrogen) atoms. The highest BCUT2D eigenvalue weighted by Gasteiger charge is 2.13. The van der Waals surface area contributed by atoms with Gasteiger partial charge in [0.2, 0.25) is 0 Å². The Hall–Kier alpha value is -3.58. The van der Waals surface area contributed by atoms with E-state index < -0.39 is 17.5 Å². The summed E-state index contributed by atoms with van der Waals surface area (Å²) in [6.45, 7) is 2.10. The first-order valence-corrected chi connectivity index (χ1v) is 10.9. The van der Waals surface area contributed by atoms with Crippen molar-refractivity contribution in [2.75, 3.05) is 0 Å². The third-order valence-electron chi connectivity index (χ3n) is 5.59. The van der Waals surface area contributed by atoms with E-state index in [0.29, 0.717) is 10.9 Å². The van der Waals surface area contributed by atoms with Crippen LogP contribution >= 0.6 is 0 Å². The lowest BCUT2D eigenvalue weighted by atomic mass is 9.99. The molecule has 4 aromatic carbocycles. The molecule has 4 heteroatoms. The Balaban J connectivity index is 1.60. The third kappa shape index (κ3) is 5.26. The molecule has 0 nitrogen and oxygen atoms in total. The molecule has 0 atom stereocenters. The summed E-state index contributed by atoms with van der Waals surface area (Å²) in [7, 11) is 0. The van der Waals surface area contributed by atoms with Crippen molar-refractivity contribution in [1.82, 2.24) is 0 Å². The van der Waals surface area contributed by atoms with E-state index in [2.05, 4.69) is 18.8 Å². The fourth-order valence-corrected chi connectivity index (χ4v) is 3.80. The molecule has 0 saturated carbocycles. The van der Waals surface area contributed by atoms with Gasteiger partial charge in [-0.1, -0.05) is 55.9 Å². The van der Waals surface area contributed by atoms with Gasteiger partial charge in [0.15, 0.2) is 0 Å². The second kappa shape index (κ2) is 9.92. The monoisotopic (exact) mass is 446 g/mol. The standard InChI is InChI=1S/C29H22F4/c1-2-3-4-5-19-7-12-25(27(31)15-19)23-17-28(32)26(29(33)18-23)13-8-20-6-9-22-16-24(30)11-10-21(22)14-20/h6-7,9-12,14-18H,2-5H2,1H3. The Kier molecular flexibility index (Phi) is 6.79. The minimum Gasteiger partial charge on any atom is -0.207 e. The van der Waals surface area contributed by atoms with Crippen molar-refractivity contribution in [3.63, 3.8) is 0 Å². The van der Waals surface area contributed by atoms with E-state index in [9.17, 15) is 17.6 Å². The summed E-state index contributed by atoms with van der Waals surface area (Å²) < 4.78 is 57.4. The number of aryl methyl sites for hydroxylation is 1. The molecule has 0 radical (unpaired) electrons. The quantitative estimate of drug-likeness (QED) is 0.165. The molecule has 0 amide bonds. The summed E-state index contributed by atoms with van der Waals surface area (Å²) in [5.41, 5.74) is 1.30. The van der Waals surface area contributed by atoms with Crippen LogP contribution in [0.15, 0.2) is 66.7 Å². The molecular formula is C29H22F4. The van der Waals surface area contributed by atoms with Crippen LogP contribution in [0.5, 0.6) is 0 Å². The van der Waals surface area contributed by atoms with Gasteiger partial charge in [-0.3, -0.25) is 0 Å². The van der Waals surface area contributed by atoms with Gasteiger partial charge in [-0.15, -0.1) is 0 Å². The molecule has 166 valence electrons. The molecule has 0 unspecified atom stereocenters. The zero-order valence-corrected chi connectivity index (χ0v) is 18.2. The van der Waals surface area contributed by atoms with Gasteiger partial charge in [-0.05, 0) is 77.2 Å². The molecule has 0 saturated heterocycles. The number of hydrogen-bond acceptors (Lipinski definition) is 0. The van der Waals surface area contributed by atoms with Crippen molar-refractivity contribution >= 4 is 10.8 Å². The number of unbranched alkanes of at least 4 members (excludes halogenated alkanes) is 2. The fourth-order valence-electron chi connectivity index (χ4n) is 3.80. The van der Waals surface area contributed by atoms with E-state index in [0.717, 1.165) is 48.8 Å². The third-order valence-corrected chi connectivity index (χ3v) is 5.59. The zero-order valence-electron chi connectivity index (χ0n) is 18.2. The molecule has 0 aromatic heterocycles. The Morgan fingerprint density at radius 3 is 2.12 bits per heavy atom. The SMILES string of the molecule is CCCCCc1ccc(-c2cc(F)c(C#Cc3ccc4cc(F)ccc4c3)c(F)c2)c(F)c1. The topological polar surface area (TPSA) is 0 Å². The first kappa shape index (κ1) is 22.6. The smallest absolute Gasteiger partial charge is 0.142 e. The Bertz CT molecular complexity index is 1350. The molecule has 0 bridgehead atoms. The minimum absolute atomic E-state index is 0.126. The highest BCUT2D eigenvalue weighted by molar-refractivity contribution is 5.84. The van der Waals surface area contributed by atoms with Crippen molar-refractivity contribution in [3.8, 4) is 23.0 Å². The van der Waals surface area contributed by atoms with Gasteiger partial charge in [-0.25, -0.2) is 17.6 Å². The van der Waals surface area contributed by atoms with Crippen LogP contribution < -0.4 is 0 Å². The Morgan fingerprint density at radius 1 is 0.667 bits per heavy atom. The molecule has 0 spiro atoms. The van der Waals surface area contributed by atoms with Gasteiger partial charge in [0.05, 0.1) is 5.56 Å². The van der Waals surface area contributed by atoms with Crippen LogP contribution in [0.4, 0.5) is 17.6 Å². The maximum Gasteiger partial charge on any atom is 0.142 e. The molecule has 0 aliphatic rings. The first-order valence-electron chi connectivity index (χ1n) is 10.9. The van der Waals surface area contributed by atoms with Gasteiger partial charge < -0.3 is 0 Å². The minimum atomic E-state index is -0.855. The van der Waals surface area contributed by atoms with E-state index in [1.54, 1.807) is 36.4 Å². The lowest BCUT2D eigenvalue weighted by Crippen LogP contribution is -1.95. The average Bonchev–Trinajstić information content (AvgIpc) is 2.78. The number of rotatable bonds is 5. The maximum atomic E-state index is 14.7. The van der Waals surface area contributed by atoms with Gasteiger partial charge in [-0.2, -0.15) is 0 Å². The number of hydrogen-bond donors (Lipinski definition) is 0. The van der Waals surface area contributed by atoms with Crippen molar-refractivity contribution in [2.24, 2.45) is 0 Å². The summed E-state index contributed by atoms with van der Waals surface area (Å²) in [6, 6.07) is 16.5. The average molecular weight is 446 g/mol. The Morgan fingerprint density at radius 2 is 1.39 bits per heavy atom. The van der Waals surface area contributed by atoms with Crippen molar-refractivity contribution in [1.29, 1.82) is 0 Å². The summed E-state index contributed by atoms with van der Waals surface area (Å²) in [5.74, 6) is 2.74. The normalized spacial score (nSPS) is 10.8. The zero-order chi connectivity index (χ0) is 23.4. The Labute approximate surface area is 190 Å². The van der Waals surface area contributed by atoms with Crippen LogP contribution in [0, 0.1) is 35.1 Å². The number of halogens is 4. The summed E-state index contributed by atoms with van der Waals surface area (Å²) in [6.07, 6.45) is 3.89. The van der Waals surface area contributed by atoms with Crippen LogP contribution in [0.25, 0.3) is 21.9 Å². The van der Waals surface area contributed by atoms with Crippen molar-refractivity contribution in [2.45, 2.75) is 32.6 Å². The summed E-state index contributed by atoms with van der Waals surface area (Å²) >= 11 is 0. The van der Waals surface area contributed by atoms with Crippen LogP contribution in [0.2, 0.25) is 0 Å².